The zero-order chi connectivity index (χ0) is 24.4. The van der Waals surface area contributed by atoms with Crippen LogP contribution in [0.25, 0.3) is 11.3 Å². The van der Waals surface area contributed by atoms with E-state index in [2.05, 4.69) is 4.57 Å². The molecule has 2 heterocycles. The lowest BCUT2D eigenvalue weighted by Gasteiger charge is -2.26. The Morgan fingerprint density at radius 1 is 1.00 bits per heavy atom. The number of non-ortho nitro benzene ring substituents is 1. The van der Waals surface area contributed by atoms with Gasteiger partial charge in [-0.25, -0.2) is 13.4 Å². The summed E-state index contributed by atoms with van der Waals surface area (Å²) < 4.78 is 34.8. The van der Waals surface area contributed by atoms with E-state index in [-0.39, 0.29) is 10.6 Å². The largest absolute Gasteiger partial charge is 0.379 e. The molecule has 0 atom stereocenters. The zero-order valence-corrected chi connectivity index (χ0v) is 20.7. The van der Waals surface area contributed by atoms with Crippen molar-refractivity contribution in [3.63, 3.8) is 0 Å². The molecule has 1 aliphatic carbocycles. The molecule has 5 rings (SSSR count). The monoisotopic (exact) mass is 514 g/mol. The SMILES string of the molecule is O=[N+]([O-])c1ccc(-c2csc(=Nc3ccc(S(=O)(=O)N4CCOCC4)cc3)n2C2CCCC2)cc1. The van der Waals surface area contributed by atoms with E-state index in [1.807, 2.05) is 5.38 Å². The highest BCUT2D eigenvalue weighted by Crippen LogP contribution is 2.34. The number of aromatic nitrogens is 1. The number of hydrogen-bond acceptors (Lipinski definition) is 7. The van der Waals surface area contributed by atoms with Crippen molar-refractivity contribution in [3.8, 4) is 11.3 Å². The Balaban J connectivity index is 1.49. The van der Waals surface area contributed by atoms with Crippen molar-refractivity contribution in [3.05, 3.63) is 68.8 Å². The van der Waals surface area contributed by atoms with Crippen LogP contribution in [0.3, 0.4) is 0 Å². The molecule has 35 heavy (non-hydrogen) atoms. The van der Waals surface area contributed by atoms with Gasteiger partial charge in [-0.15, -0.1) is 11.3 Å². The van der Waals surface area contributed by atoms with E-state index in [0.29, 0.717) is 38.0 Å². The third kappa shape index (κ3) is 4.94. The Morgan fingerprint density at radius 3 is 2.29 bits per heavy atom. The first kappa shape index (κ1) is 23.9. The second kappa shape index (κ2) is 10.0. The van der Waals surface area contributed by atoms with Crippen molar-refractivity contribution >= 4 is 32.7 Å². The molecule has 2 aromatic carbocycles. The van der Waals surface area contributed by atoms with Crippen LogP contribution in [0, 0.1) is 10.1 Å². The maximum absolute atomic E-state index is 12.9. The fourth-order valence-corrected chi connectivity index (χ4v) is 7.01. The molecule has 0 bridgehead atoms. The molecule has 0 radical (unpaired) electrons. The van der Waals surface area contributed by atoms with Gasteiger partial charge in [0.1, 0.15) is 0 Å². The molecule has 1 saturated heterocycles. The minimum Gasteiger partial charge on any atom is -0.379 e. The fraction of sp³-hybridized carbons (Fsp3) is 0.375. The quantitative estimate of drug-likeness (QED) is 0.356. The van der Waals surface area contributed by atoms with Crippen LogP contribution in [0.15, 0.2) is 63.8 Å². The predicted molar refractivity (Wildman–Crippen MR) is 133 cm³/mol. The number of thiazole rings is 1. The molecule has 1 aromatic heterocycles. The number of ether oxygens (including phenoxy) is 1. The third-order valence-corrected chi connectivity index (χ3v) is 9.23. The van der Waals surface area contributed by atoms with Crippen LogP contribution in [-0.2, 0) is 14.8 Å². The summed E-state index contributed by atoms with van der Waals surface area (Å²) in [5.74, 6) is 0. The summed E-state index contributed by atoms with van der Waals surface area (Å²) in [6.07, 6.45) is 4.42. The van der Waals surface area contributed by atoms with Gasteiger partial charge in [0, 0.05) is 36.6 Å². The van der Waals surface area contributed by atoms with Crippen molar-refractivity contribution in [1.82, 2.24) is 8.87 Å². The number of rotatable bonds is 6. The molecule has 2 fully saturated rings. The van der Waals surface area contributed by atoms with Gasteiger partial charge < -0.3 is 9.30 Å². The number of morpholine rings is 1. The van der Waals surface area contributed by atoms with Crippen molar-refractivity contribution < 1.29 is 18.1 Å². The van der Waals surface area contributed by atoms with E-state index >= 15 is 0 Å². The van der Waals surface area contributed by atoms with Gasteiger partial charge in [-0.3, -0.25) is 10.1 Å². The fourth-order valence-electron chi connectivity index (χ4n) is 4.62. The van der Waals surface area contributed by atoms with Crippen LogP contribution in [0.4, 0.5) is 11.4 Å². The predicted octanol–water partition coefficient (Wildman–Crippen LogP) is 4.49. The Morgan fingerprint density at radius 2 is 1.66 bits per heavy atom. The first-order chi connectivity index (χ1) is 16.9. The summed E-state index contributed by atoms with van der Waals surface area (Å²) >= 11 is 1.52. The molecule has 11 heteroatoms. The number of hydrogen-bond donors (Lipinski definition) is 0. The second-order valence-electron chi connectivity index (χ2n) is 8.64. The summed E-state index contributed by atoms with van der Waals surface area (Å²) in [4.78, 5) is 16.6. The van der Waals surface area contributed by atoms with Crippen LogP contribution >= 0.6 is 11.3 Å². The highest BCUT2D eigenvalue weighted by atomic mass is 32.2. The lowest BCUT2D eigenvalue weighted by Crippen LogP contribution is -2.40. The molecule has 0 amide bonds. The van der Waals surface area contributed by atoms with Gasteiger partial charge >= 0.3 is 0 Å². The van der Waals surface area contributed by atoms with Crippen molar-refractivity contribution in [2.24, 2.45) is 4.99 Å². The number of nitro benzene ring substituents is 1. The van der Waals surface area contributed by atoms with E-state index in [0.717, 1.165) is 41.7 Å². The second-order valence-corrected chi connectivity index (χ2v) is 11.4. The molecule has 9 nitrogen and oxygen atoms in total. The number of sulfonamides is 1. The molecule has 0 spiro atoms. The molecule has 2 aliphatic rings. The van der Waals surface area contributed by atoms with Crippen molar-refractivity contribution in [2.75, 3.05) is 26.3 Å². The van der Waals surface area contributed by atoms with Gasteiger partial charge in [-0.05, 0) is 54.8 Å². The Hall–Kier alpha value is -2.86. The minimum atomic E-state index is -3.55. The summed E-state index contributed by atoms with van der Waals surface area (Å²) in [6.45, 7) is 1.53. The lowest BCUT2D eigenvalue weighted by atomic mass is 10.1. The molecule has 1 aliphatic heterocycles. The Bertz CT molecular complexity index is 1370. The zero-order valence-electron chi connectivity index (χ0n) is 19.1. The van der Waals surface area contributed by atoms with Crippen molar-refractivity contribution in [1.29, 1.82) is 0 Å². The topological polar surface area (TPSA) is 107 Å². The van der Waals surface area contributed by atoms with E-state index in [4.69, 9.17) is 9.73 Å². The third-order valence-electron chi connectivity index (χ3n) is 6.47. The number of nitro groups is 1. The summed E-state index contributed by atoms with van der Waals surface area (Å²) in [7, 11) is -3.55. The normalized spacial score (nSPS) is 18.2. The highest BCUT2D eigenvalue weighted by Gasteiger charge is 2.26. The maximum Gasteiger partial charge on any atom is 0.269 e. The van der Waals surface area contributed by atoms with Crippen LogP contribution in [0.2, 0.25) is 0 Å². The van der Waals surface area contributed by atoms with E-state index < -0.39 is 14.9 Å². The van der Waals surface area contributed by atoms with Gasteiger partial charge in [0.05, 0.1) is 34.4 Å². The van der Waals surface area contributed by atoms with Gasteiger partial charge in [0.25, 0.3) is 5.69 Å². The first-order valence-corrected chi connectivity index (χ1v) is 13.9. The van der Waals surface area contributed by atoms with Crippen LogP contribution in [-0.4, -0.2) is 48.5 Å². The molecular formula is C24H26N4O5S2. The van der Waals surface area contributed by atoms with Crippen LogP contribution in [0.1, 0.15) is 31.7 Å². The molecule has 3 aromatic rings. The van der Waals surface area contributed by atoms with Crippen LogP contribution < -0.4 is 4.80 Å². The summed E-state index contributed by atoms with van der Waals surface area (Å²) in [5.41, 5.74) is 2.64. The summed E-state index contributed by atoms with van der Waals surface area (Å²) in [6, 6.07) is 13.6. The molecule has 0 N–H and O–H groups in total. The number of nitrogens with zero attached hydrogens (tertiary/aromatic N) is 4. The van der Waals surface area contributed by atoms with Gasteiger partial charge in [-0.2, -0.15) is 4.31 Å². The summed E-state index contributed by atoms with van der Waals surface area (Å²) in [5, 5.41) is 13.1. The first-order valence-electron chi connectivity index (χ1n) is 11.6. The smallest absolute Gasteiger partial charge is 0.269 e. The van der Waals surface area contributed by atoms with Gasteiger partial charge in [-0.1, -0.05) is 12.8 Å². The standard InChI is InChI=1S/C24H26N4O5S2/c29-28(30)21-9-5-18(6-10-21)23-17-34-24(27(23)20-3-1-2-4-20)25-19-7-11-22(12-8-19)35(31,32)26-13-15-33-16-14-26/h5-12,17,20H,1-4,13-16H2. The molecule has 184 valence electrons. The average molecular weight is 515 g/mol. The lowest BCUT2D eigenvalue weighted by molar-refractivity contribution is -0.384. The van der Waals surface area contributed by atoms with E-state index in [1.54, 1.807) is 36.4 Å². The van der Waals surface area contributed by atoms with Crippen LogP contribution in [0.5, 0.6) is 0 Å². The van der Waals surface area contributed by atoms with E-state index in [9.17, 15) is 18.5 Å². The maximum atomic E-state index is 12.9. The van der Waals surface area contributed by atoms with E-state index in [1.165, 1.54) is 27.8 Å². The molecular weight excluding hydrogens is 488 g/mol. The Labute approximate surface area is 207 Å². The highest BCUT2D eigenvalue weighted by molar-refractivity contribution is 7.89. The average Bonchev–Trinajstić information content (AvgIpc) is 3.55. The van der Waals surface area contributed by atoms with Gasteiger partial charge in [0.15, 0.2) is 4.80 Å². The molecule has 1 saturated carbocycles. The van der Waals surface area contributed by atoms with Gasteiger partial charge in [0.2, 0.25) is 10.0 Å². The minimum absolute atomic E-state index is 0.0634. The van der Waals surface area contributed by atoms with Crippen molar-refractivity contribution in [2.45, 2.75) is 36.6 Å². The Kier molecular flexibility index (Phi) is 6.83. The molecule has 0 unspecified atom stereocenters. The number of benzene rings is 2.